The van der Waals surface area contributed by atoms with Crippen LogP contribution in [0.1, 0.15) is 6.42 Å². The minimum absolute atomic E-state index is 0.0000552. The number of benzene rings is 1. The van der Waals surface area contributed by atoms with Gasteiger partial charge in [0.25, 0.3) is 0 Å². The number of nitrogens with zero attached hydrogens (tertiary/aromatic N) is 6. The van der Waals surface area contributed by atoms with Gasteiger partial charge in [0.1, 0.15) is 18.0 Å². The lowest BCUT2D eigenvalue weighted by atomic mass is 10.2. The maximum atomic E-state index is 13.1. The lowest BCUT2D eigenvalue weighted by Gasteiger charge is -2.17. The number of urea groups is 1. The Morgan fingerprint density at radius 3 is 2.93 bits per heavy atom. The molecule has 0 radical (unpaired) electrons. The van der Waals surface area contributed by atoms with Crippen LogP contribution in [-0.2, 0) is 0 Å². The van der Waals surface area contributed by atoms with Gasteiger partial charge in [0.05, 0.1) is 5.69 Å². The third kappa shape index (κ3) is 3.79. The molecule has 9 nitrogen and oxygen atoms in total. The number of carbonyl (C=O) groups is 1. The molecular formula is C19H17FN8OS. The number of rotatable bonds is 4. The highest BCUT2D eigenvalue weighted by atomic mass is 32.1. The average Bonchev–Trinajstić information content (AvgIpc) is 3.48. The van der Waals surface area contributed by atoms with Crippen molar-refractivity contribution in [3.8, 4) is 11.3 Å². The Bertz CT molecular complexity index is 1190. The number of aromatic nitrogens is 5. The Kier molecular flexibility index (Phi) is 4.71. The summed E-state index contributed by atoms with van der Waals surface area (Å²) in [5.41, 5.74) is 2.18. The Hall–Kier alpha value is -3.60. The van der Waals surface area contributed by atoms with Crippen molar-refractivity contribution < 1.29 is 9.18 Å². The van der Waals surface area contributed by atoms with Gasteiger partial charge in [0.15, 0.2) is 10.8 Å². The molecule has 0 aliphatic carbocycles. The van der Waals surface area contributed by atoms with E-state index in [2.05, 4.69) is 35.8 Å². The van der Waals surface area contributed by atoms with Crippen molar-refractivity contribution in [2.45, 2.75) is 12.5 Å². The third-order valence-electron chi connectivity index (χ3n) is 4.86. The van der Waals surface area contributed by atoms with Crippen molar-refractivity contribution in [2.24, 2.45) is 0 Å². The molecule has 30 heavy (non-hydrogen) atoms. The quantitative estimate of drug-likeness (QED) is 0.523. The van der Waals surface area contributed by atoms with Crippen molar-refractivity contribution in [1.82, 2.24) is 30.1 Å². The van der Waals surface area contributed by atoms with Crippen molar-refractivity contribution in [3.63, 3.8) is 0 Å². The second kappa shape index (κ2) is 7.67. The van der Waals surface area contributed by atoms with Crippen LogP contribution in [0, 0.1) is 5.82 Å². The molecule has 1 fully saturated rings. The molecule has 1 aliphatic rings. The smallest absolute Gasteiger partial charge is 0.321 e. The number of anilines is 2. The van der Waals surface area contributed by atoms with E-state index < -0.39 is 0 Å². The van der Waals surface area contributed by atoms with E-state index in [9.17, 15) is 9.18 Å². The Morgan fingerprint density at radius 1 is 1.20 bits per heavy atom. The minimum Gasteiger partial charge on any atom is -0.353 e. The third-order valence-corrected chi connectivity index (χ3v) is 5.62. The molecule has 1 atom stereocenters. The van der Waals surface area contributed by atoms with E-state index in [0.717, 1.165) is 24.3 Å². The molecule has 1 aliphatic heterocycles. The minimum atomic E-state index is -0.302. The van der Waals surface area contributed by atoms with Gasteiger partial charge in [-0.1, -0.05) is 0 Å². The molecule has 1 aromatic carbocycles. The van der Waals surface area contributed by atoms with Gasteiger partial charge in [-0.2, -0.15) is 4.52 Å². The molecule has 11 heteroatoms. The monoisotopic (exact) mass is 424 g/mol. The predicted octanol–water partition coefficient (Wildman–Crippen LogP) is 2.79. The maximum absolute atomic E-state index is 13.1. The van der Waals surface area contributed by atoms with Crippen molar-refractivity contribution in [2.75, 3.05) is 23.3 Å². The molecule has 0 bridgehead atoms. The van der Waals surface area contributed by atoms with Crippen LogP contribution >= 0.6 is 11.3 Å². The highest BCUT2D eigenvalue weighted by Gasteiger charge is 2.25. The van der Waals surface area contributed by atoms with E-state index in [1.165, 1.54) is 23.5 Å². The van der Waals surface area contributed by atoms with Crippen molar-refractivity contribution in [3.05, 3.63) is 53.9 Å². The van der Waals surface area contributed by atoms with Gasteiger partial charge in [0, 0.05) is 30.1 Å². The molecule has 152 valence electrons. The SMILES string of the molecule is O=C(Nc1nc(-c2ccc(F)cc2)cs1)NC1CCN(c2ccc3nncn3n2)C1. The average molecular weight is 424 g/mol. The molecule has 3 aromatic heterocycles. The number of fused-ring (bicyclic) bond motifs is 1. The van der Waals surface area contributed by atoms with E-state index in [1.54, 1.807) is 23.0 Å². The number of nitrogens with one attached hydrogen (secondary N) is 2. The molecule has 2 amide bonds. The molecular weight excluding hydrogens is 407 g/mol. The highest BCUT2D eigenvalue weighted by Crippen LogP contribution is 2.25. The molecule has 0 spiro atoms. The fourth-order valence-corrected chi connectivity index (χ4v) is 4.09. The highest BCUT2D eigenvalue weighted by molar-refractivity contribution is 7.14. The second-order valence-electron chi connectivity index (χ2n) is 6.90. The molecule has 0 saturated carbocycles. The summed E-state index contributed by atoms with van der Waals surface area (Å²) in [5, 5.41) is 20.3. The van der Waals surface area contributed by atoms with Gasteiger partial charge in [-0.15, -0.1) is 26.6 Å². The van der Waals surface area contributed by atoms with Crippen LogP contribution in [0.25, 0.3) is 16.9 Å². The van der Waals surface area contributed by atoms with Crippen LogP contribution in [0.2, 0.25) is 0 Å². The van der Waals surface area contributed by atoms with Gasteiger partial charge in [-0.3, -0.25) is 5.32 Å². The Balaban J connectivity index is 1.18. The van der Waals surface area contributed by atoms with E-state index in [1.807, 2.05) is 17.5 Å². The fourth-order valence-electron chi connectivity index (χ4n) is 3.38. The zero-order valence-electron chi connectivity index (χ0n) is 15.7. The normalized spacial score (nSPS) is 16.2. The second-order valence-corrected chi connectivity index (χ2v) is 7.76. The fraction of sp³-hybridized carbons (Fsp3) is 0.211. The zero-order chi connectivity index (χ0) is 20.5. The number of carbonyl (C=O) groups excluding carboxylic acids is 1. The van der Waals surface area contributed by atoms with E-state index >= 15 is 0 Å². The van der Waals surface area contributed by atoms with Gasteiger partial charge in [-0.05, 0) is 42.8 Å². The van der Waals surface area contributed by atoms with Crippen molar-refractivity contribution >= 4 is 34.0 Å². The van der Waals surface area contributed by atoms with Gasteiger partial charge in [0.2, 0.25) is 0 Å². The summed E-state index contributed by atoms with van der Waals surface area (Å²) in [6.07, 6.45) is 2.38. The van der Waals surface area contributed by atoms with Crippen LogP contribution in [0.15, 0.2) is 48.1 Å². The summed E-state index contributed by atoms with van der Waals surface area (Å²) in [6, 6.07) is 9.55. The number of hydrogen-bond donors (Lipinski definition) is 2. The number of thiazole rings is 1. The van der Waals surface area contributed by atoms with E-state index in [0.29, 0.717) is 23.0 Å². The summed E-state index contributed by atoms with van der Waals surface area (Å²) >= 11 is 1.32. The van der Waals surface area contributed by atoms with Gasteiger partial charge in [-0.25, -0.2) is 14.2 Å². The summed E-state index contributed by atoms with van der Waals surface area (Å²) in [5.74, 6) is 0.519. The van der Waals surface area contributed by atoms with Gasteiger partial charge < -0.3 is 10.2 Å². The first-order valence-electron chi connectivity index (χ1n) is 9.35. The Labute approximate surface area is 174 Å². The van der Waals surface area contributed by atoms with Crippen LogP contribution in [-0.4, -0.2) is 50.0 Å². The lowest BCUT2D eigenvalue weighted by molar-refractivity contribution is 0.249. The van der Waals surface area contributed by atoms with Crippen LogP contribution in [0.3, 0.4) is 0 Å². The van der Waals surface area contributed by atoms with Crippen LogP contribution in [0.5, 0.6) is 0 Å². The van der Waals surface area contributed by atoms with Crippen molar-refractivity contribution in [1.29, 1.82) is 0 Å². The van der Waals surface area contributed by atoms with Gasteiger partial charge >= 0.3 is 6.03 Å². The summed E-state index contributed by atoms with van der Waals surface area (Å²) in [4.78, 5) is 18.9. The largest absolute Gasteiger partial charge is 0.353 e. The number of hydrogen-bond acceptors (Lipinski definition) is 7. The lowest BCUT2D eigenvalue weighted by Crippen LogP contribution is -2.39. The molecule has 5 rings (SSSR count). The summed E-state index contributed by atoms with van der Waals surface area (Å²) in [7, 11) is 0. The number of amides is 2. The first-order valence-corrected chi connectivity index (χ1v) is 10.2. The molecule has 4 aromatic rings. The first-order chi connectivity index (χ1) is 14.6. The van der Waals surface area contributed by atoms with Crippen LogP contribution < -0.4 is 15.5 Å². The predicted molar refractivity (Wildman–Crippen MR) is 111 cm³/mol. The summed E-state index contributed by atoms with van der Waals surface area (Å²) in [6.45, 7) is 1.45. The molecule has 2 N–H and O–H groups in total. The number of halogens is 1. The van der Waals surface area contributed by atoms with Crippen LogP contribution in [0.4, 0.5) is 20.1 Å². The zero-order valence-corrected chi connectivity index (χ0v) is 16.5. The standard InChI is InChI=1S/C19H17FN8OS/c20-13-3-1-12(2-4-13)15-10-30-19(23-15)24-18(29)22-14-7-8-27(9-14)17-6-5-16-25-21-11-28(16)26-17/h1-6,10-11,14H,7-9H2,(H2,22,23,24,29). The van der Waals surface area contributed by atoms with E-state index in [-0.39, 0.29) is 17.9 Å². The molecule has 1 unspecified atom stereocenters. The van der Waals surface area contributed by atoms with E-state index in [4.69, 9.17) is 0 Å². The summed E-state index contributed by atoms with van der Waals surface area (Å²) < 4.78 is 14.7. The molecule has 1 saturated heterocycles. The first kappa shape index (κ1) is 18.4. The molecule has 4 heterocycles. The Morgan fingerprint density at radius 2 is 2.07 bits per heavy atom. The maximum Gasteiger partial charge on any atom is 0.321 e. The topological polar surface area (TPSA) is 100 Å².